The monoisotopic (exact) mass is 258 g/mol. The largest absolute Gasteiger partial charge is 0.496 e. The van der Waals surface area contributed by atoms with Gasteiger partial charge in [0.1, 0.15) is 11.5 Å². The second-order valence-corrected chi connectivity index (χ2v) is 3.89. The summed E-state index contributed by atoms with van der Waals surface area (Å²) in [6.07, 6.45) is 0. The van der Waals surface area contributed by atoms with Gasteiger partial charge >= 0.3 is 5.97 Å². The van der Waals surface area contributed by atoms with E-state index < -0.39 is 5.97 Å². The van der Waals surface area contributed by atoms with Crippen molar-refractivity contribution >= 4 is 5.97 Å². The van der Waals surface area contributed by atoms with Crippen LogP contribution in [0.4, 0.5) is 0 Å². The Morgan fingerprint density at radius 1 is 1.16 bits per heavy atom. The fraction of sp³-hybridized carbons (Fsp3) is 0.133. The van der Waals surface area contributed by atoms with Crippen molar-refractivity contribution in [1.29, 1.82) is 0 Å². The summed E-state index contributed by atoms with van der Waals surface area (Å²) in [5.41, 5.74) is 0.997. The van der Waals surface area contributed by atoms with Crippen LogP contribution in [0.3, 0.4) is 0 Å². The smallest absolute Gasteiger partial charge is 0.343 e. The van der Waals surface area contributed by atoms with Gasteiger partial charge in [0.15, 0.2) is 0 Å². The van der Waals surface area contributed by atoms with Crippen molar-refractivity contribution < 1.29 is 19.4 Å². The molecule has 0 bridgehead atoms. The molecule has 0 atom stereocenters. The molecule has 1 N–H and O–H groups in total. The van der Waals surface area contributed by atoms with E-state index in [0.29, 0.717) is 22.6 Å². The molecule has 0 aliphatic rings. The quantitative estimate of drug-likeness (QED) is 0.676. The Morgan fingerprint density at radius 3 is 2.53 bits per heavy atom. The predicted octanol–water partition coefficient (Wildman–Crippen LogP) is 2.41. The first-order chi connectivity index (χ1) is 9.24. The number of esters is 1. The predicted molar refractivity (Wildman–Crippen MR) is 70.3 cm³/mol. The van der Waals surface area contributed by atoms with Crippen LogP contribution in [0, 0.1) is 0 Å². The molecule has 0 fully saturated rings. The zero-order valence-corrected chi connectivity index (χ0v) is 10.5. The summed E-state index contributed by atoms with van der Waals surface area (Å²) < 4.78 is 10.3. The molecule has 19 heavy (non-hydrogen) atoms. The van der Waals surface area contributed by atoms with Crippen LogP contribution in [-0.4, -0.2) is 18.2 Å². The SMILES string of the molecule is COc1cc(C(=O)Oc2ccccc2)ccc1CO. The molecular weight excluding hydrogens is 244 g/mol. The number of aliphatic hydroxyl groups excluding tert-OH is 1. The van der Waals surface area contributed by atoms with Gasteiger partial charge in [-0.2, -0.15) is 0 Å². The van der Waals surface area contributed by atoms with Crippen molar-refractivity contribution in [2.75, 3.05) is 7.11 Å². The van der Waals surface area contributed by atoms with E-state index in [1.54, 1.807) is 42.5 Å². The van der Waals surface area contributed by atoms with Gasteiger partial charge in [0.25, 0.3) is 0 Å². The molecule has 98 valence electrons. The molecule has 4 nitrogen and oxygen atoms in total. The molecule has 0 saturated heterocycles. The minimum Gasteiger partial charge on any atom is -0.496 e. The fourth-order valence-corrected chi connectivity index (χ4v) is 1.66. The minimum atomic E-state index is -0.464. The van der Waals surface area contributed by atoms with Gasteiger partial charge in [-0.1, -0.05) is 24.3 Å². The summed E-state index contributed by atoms with van der Waals surface area (Å²) in [6, 6.07) is 13.6. The fourth-order valence-electron chi connectivity index (χ4n) is 1.66. The zero-order chi connectivity index (χ0) is 13.7. The highest BCUT2D eigenvalue weighted by atomic mass is 16.5. The van der Waals surface area contributed by atoms with Crippen molar-refractivity contribution in [3.05, 3.63) is 59.7 Å². The van der Waals surface area contributed by atoms with Crippen LogP contribution >= 0.6 is 0 Å². The van der Waals surface area contributed by atoms with E-state index in [1.165, 1.54) is 7.11 Å². The average molecular weight is 258 g/mol. The maximum atomic E-state index is 11.9. The zero-order valence-electron chi connectivity index (χ0n) is 10.5. The van der Waals surface area contributed by atoms with Gasteiger partial charge in [0, 0.05) is 5.56 Å². The van der Waals surface area contributed by atoms with E-state index in [2.05, 4.69) is 0 Å². The van der Waals surface area contributed by atoms with E-state index in [0.717, 1.165) is 0 Å². The Kier molecular flexibility index (Phi) is 4.15. The third-order valence-electron chi connectivity index (χ3n) is 2.65. The normalized spacial score (nSPS) is 10.0. The Bertz CT molecular complexity index is 564. The van der Waals surface area contributed by atoms with Crippen LogP contribution < -0.4 is 9.47 Å². The molecule has 0 heterocycles. The van der Waals surface area contributed by atoms with Gasteiger partial charge < -0.3 is 14.6 Å². The van der Waals surface area contributed by atoms with Crippen molar-refractivity contribution in [2.24, 2.45) is 0 Å². The summed E-state index contributed by atoms with van der Waals surface area (Å²) >= 11 is 0. The molecule has 0 saturated carbocycles. The topological polar surface area (TPSA) is 55.8 Å². The molecule has 0 amide bonds. The number of carbonyl (C=O) groups excluding carboxylic acids is 1. The van der Waals surface area contributed by atoms with Crippen molar-refractivity contribution in [3.8, 4) is 11.5 Å². The molecular formula is C15H14O4. The lowest BCUT2D eigenvalue weighted by atomic mass is 10.1. The first-order valence-electron chi connectivity index (χ1n) is 5.79. The maximum Gasteiger partial charge on any atom is 0.343 e. The van der Waals surface area contributed by atoms with Crippen LogP contribution in [0.25, 0.3) is 0 Å². The molecule has 0 spiro atoms. The second kappa shape index (κ2) is 6.02. The lowest BCUT2D eigenvalue weighted by Gasteiger charge is -2.09. The number of para-hydroxylation sites is 1. The summed E-state index contributed by atoms with van der Waals surface area (Å²) in [6.45, 7) is -0.142. The molecule has 0 aliphatic carbocycles. The average Bonchev–Trinajstić information content (AvgIpc) is 2.47. The van der Waals surface area contributed by atoms with E-state index in [-0.39, 0.29) is 6.61 Å². The third-order valence-corrected chi connectivity index (χ3v) is 2.65. The van der Waals surface area contributed by atoms with E-state index in [9.17, 15) is 4.79 Å². The van der Waals surface area contributed by atoms with Gasteiger partial charge in [-0.3, -0.25) is 0 Å². The van der Waals surface area contributed by atoms with E-state index in [4.69, 9.17) is 14.6 Å². The van der Waals surface area contributed by atoms with E-state index in [1.807, 2.05) is 6.07 Å². The number of benzene rings is 2. The molecule has 4 heteroatoms. The summed E-state index contributed by atoms with van der Waals surface area (Å²) in [4.78, 5) is 11.9. The van der Waals surface area contributed by atoms with Gasteiger partial charge in [0.05, 0.1) is 19.3 Å². The lowest BCUT2D eigenvalue weighted by Crippen LogP contribution is -2.09. The van der Waals surface area contributed by atoms with Gasteiger partial charge in [-0.05, 0) is 24.3 Å². The maximum absolute atomic E-state index is 11.9. The van der Waals surface area contributed by atoms with Gasteiger partial charge in [0.2, 0.25) is 0 Å². The van der Waals surface area contributed by atoms with Crippen LogP contribution in [0.2, 0.25) is 0 Å². The number of carbonyl (C=O) groups is 1. The third kappa shape index (κ3) is 3.11. The first kappa shape index (κ1) is 13.1. The number of rotatable bonds is 4. The van der Waals surface area contributed by atoms with Crippen molar-refractivity contribution in [3.63, 3.8) is 0 Å². The molecule has 0 unspecified atom stereocenters. The molecule has 2 aromatic rings. The van der Waals surface area contributed by atoms with E-state index >= 15 is 0 Å². The highest BCUT2D eigenvalue weighted by Gasteiger charge is 2.11. The van der Waals surface area contributed by atoms with Crippen LogP contribution in [0.5, 0.6) is 11.5 Å². The molecule has 0 aromatic heterocycles. The molecule has 0 radical (unpaired) electrons. The Labute approximate surface area is 111 Å². The number of aliphatic hydroxyl groups is 1. The number of hydrogen-bond acceptors (Lipinski definition) is 4. The van der Waals surface area contributed by atoms with Crippen LogP contribution in [0.15, 0.2) is 48.5 Å². The highest BCUT2D eigenvalue weighted by Crippen LogP contribution is 2.21. The number of hydrogen-bond donors (Lipinski definition) is 1. The lowest BCUT2D eigenvalue weighted by molar-refractivity contribution is 0.0734. The number of methoxy groups -OCH3 is 1. The molecule has 0 aliphatic heterocycles. The Balaban J connectivity index is 2.20. The van der Waals surface area contributed by atoms with Gasteiger partial charge in [-0.25, -0.2) is 4.79 Å². The highest BCUT2D eigenvalue weighted by molar-refractivity contribution is 5.91. The Morgan fingerprint density at radius 2 is 1.89 bits per heavy atom. The summed E-state index contributed by atoms with van der Waals surface area (Å²) in [7, 11) is 1.49. The minimum absolute atomic E-state index is 0.142. The van der Waals surface area contributed by atoms with Crippen LogP contribution in [-0.2, 0) is 6.61 Å². The van der Waals surface area contributed by atoms with Gasteiger partial charge in [-0.15, -0.1) is 0 Å². The molecule has 2 rings (SSSR count). The summed E-state index contributed by atoms with van der Waals surface area (Å²) in [5.74, 6) is 0.483. The Hall–Kier alpha value is -2.33. The first-order valence-corrected chi connectivity index (χ1v) is 5.79. The summed E-state index contributed by atoms with van der Waals surface area (Å²) in [5, 5.41) is 9.12. The van der Waals surface area contributed by atoms with Crippen molar-refractivity contribution in [1.82, 2.24) is 0 Å². The van der Waals surface area contributed by atoms with Crippen molar-refractivity contribution in [2.45, 2.75) is 6.61 Å². The standard InChI is InChI=1S/C15H14O4/c1-18-14-9-11(7-8-12(14)10-16)15(17)19-13-5-3-2-4-6-13/h2-9,16H,10H2,1H3. The second-order valence-electron chi connectivity index (χ2n) is 3.89. The molecule has 2 aromatic carbocycles. The number of ether oxygens (including phenoxy) is 2. The van der Waals surface area contributed by atoms with Crippen LogP contribution in [0.1, 0.15) is 15.9 Å².